The lowest BCUT2D eigenvalue weighted by Crippen LogP contribution is -2.45. The van der Waals surface area contributed by atoms with Crippen molar-refractivity contribution in [2.75, 3.05) is 33.8 Å². The summed E-state index contributed by atoms with van der Waals surface area (Å²) in [6.07, 6.45) is 2.42. The molecule has 0 saturated carbocycles. The van der Waals surface area contributed by atoms with Crippen LogP contribution in [-0.2, 0) is 14.3 Å². The van der Waals surface area contributed by atoms with Gasteiger partial charge in [-0.1, -0.05) is 13.2 Å². The van der Waals surface area contributed by atoms with Gasteiger partial charge in [0, 0.05) is 6.08 Å². The smallest absolute Gasteiger partial charge is 0.330 e. The Morgan fingerprint density at radius 3 is 2.33 bits per heavy atom. The fourth-order valence-electron chi connectivity index (χ4n) is 1.02. The van der Waals surface area contributed by atoms with Crippen molar-refractivity contribution in [1.82, 2.24) is 0 Å². The lowest BCUT2D eigenvalue weighted by Gasteiger charge is -2.27. The highest BCUT2D eigenvalue weighted by Crippen LogP contribution is 1.97. The van der Waals surface area contributed by atoms with Crippen LogP contribution in [-0.4, -0.2) is 50.0 Å². The summed E-state index contributed by atoms with van der Waals surface area (Å²) in [6.45, 7) is 7.92. The molecule has 0 rings (SSSR count). The zero-order valence-electron chi connectivity index (χ0n) is 9.36. The minimum Gasteiger partial charge on any atom is -0.457 e. The molecule has 0 atom stereocenters. The summed E-state index contributed by atoms with van der Waals surface area (Å²) in [7, 11) is 3.78. The highest BCUT2D eigenvalue weighted by Gasteiger charge is 2.18. The van der Waals surface area contributed by atoms with Gasteiger partial charge in [0.15, 0.2) is 0 Å². The van der Waals surface area contributed by atoms with Gasteiger partial charge in [-0.3, -0.25) is 4.79 Å². The first-order valence-electron chi connectivity index (χ1n) is 4.68. The van der Waals surface area contributed by atoms with Gasteiger partial charge in [-0.05, 0) is 6.08 Å². The van der Waals surface area contributed by atoms with E-state index in [1.54, 1.807) is 0 Å². The average Bonchev–Trinajstić information content (AvgIpc) is 2.16. The van der Waals surface area contributed by atoms with E-state index < -0.39 is 5.97 Å². The molecule has 0 aromatic carbocycles. The molecule has 84 valence electrons. The zero-order chi connectivity index (χ0) is 11.9. The molecule has 0 amide bonds. The number of ether oxygens (including phenoxy) is 1. The molecular weight excluding hydrogens is 194 g/mol. The van der Waals surface area contributed by atoms with E-state index in [1.165, 1.54) is 6.08 Å². The van der Waals surface area contributed by atoms with Crippen LogP contribution in [0, 0.1) is 0 Å². The number of esters is 1. The molecule has 0 saturated heterocycles. The van der Waals surface area contributed by atoms with Crippen molar-refractivity contribution in [3.05, 3.63) is 25.3 Å². The van der Waals surface area contributed by atoms with Crippen molar-refractivity contribution in [1.29, 1.82) is 0 Å². The van der Waals surface area contributed by atoms with Crippen LogP contribution in [0.1, 0.15) is 0 Å². The molecule has 0 N–H and O–H groups in total. The molecule has 0 aromatic heterocycles. The van der Waals surface area contributed by atoms with Gasteiger partial charge in [0.1, 0.15) is 19.7 Å². The minimum atomic E-state index is -0.440. The number of hydrogen-bond acceptors (Lipinski definition) is 3. The molecule has 0 aliphatic carbocycles. The van der Waals surface area contributed by atoms with Crippen LogP contribution < -0.4 is 0 Å². The third-order valence-electron chi connectivity index (χ3n) is 1.92. The first-order valence-corrected chi connectivity index (χ1v) is 4.68. The molecule has 0 bridgehead atoms. The van der Waals surface area contributed by atoms with E-state index in [4.69, 9.17) is 4.74 Å². The van der Waals surface area contributed by atoms with Crippen molar-refractivity contribution >= 4 is 11.8 Å². The lowest BCUT2D eigenvalue weighted by atomic mass is 10.3. The van der Waals surface area contributed by atoms with E-state index in [0.29, 0.717) is 17.6 Å². The maximum atomic E-state index is 11.1. The molecule has 4 heteroatoms. The van der Waals surface area contributed by atoms with Gasteiger partial charge in [-0.2, -0.15) is 0 Å². The number of nitrogens with zero attached hydrogens (tertiary/aromatic N) is 1. The predicted octanol–water partition coefficient (Wildman–Crippen LogP) is 0.547. The Hall–Kier alpha value is -1.42. The summed E-state index contributed by atoms with van der Waals surface area (Å²) in [6, 6.07) is 0. The van der Waals surface area contributed by atoms with Gasteiger partial charge in [-0.15, -0.1) is 0 Å². The Balaban J connectivity index is 3.93. The second-order valence-corrected chi connectivity index (χ2v) is 3.86. The van der Waals surface area contributed by atoms with E-state index in [1.807, 2.05) is 14.1 Å². The Bertz CT molecular complexity index is 269. The third-order valence-corrected chi connectivity index (χ3v) is 1.92. The number of carbonyl (C=O) groups excluding carboxylic acids is 2. The van der Waals surface area contributed by atoms with Crippen molar-refractivity contribution < 1.29 is 18.8 Å². The highest BCUT2D eigenvalue weighted by molar-refractivity contribution is 5.90. The summed E-state index contributed by atoms with van der Waals surface area (Å²) in [5.74, 6) is -0.458. The molecule has 0 heterocycles. The van der Waals surface area contributed by atoms with Crippen LogP contribution in [0.2, 0.25) is 0 Å². The molecule has 0 radical (unpaired) electrons. The van der Waals surface area contributed by atoms with Crippen molar-refractivity contribution in [2.24, 2.45) is 0 Å². The summed E-state index contributed by atoms with van der Waals surface area (Å²) in [5.41, 5.74) is 0. The van der Waals surface area contributed by atoms with Crippen LogP contribution >= 0.6 is 0 Å². The fourth-order valence-corrected chi connectivity index (χ4v) is 1.02. The molecule has 4 nitrogen and oxygen atoms in total. The number of quaternary nitrogens is 1. The molecule has 0 spiro atoms. The number of likely N-dealkylation sites (N-methyl/N-ethyl adjacent to an activating group) is 1. The number of hydrogen-bond donors (Lipinski definition) is 0. The Morgan fingerprint density at radius 1 is 1.27 bits per heavy atom. The third kappa shape index (κ3) is 6.62. The van der Waals surface area contributed by atoms with Crippen LogP contribution in [0.5, 0.6) is 0 Å². The maximum absolute atomic E-state index is 11.1. The van der Waals surface area contributed by atoms with Crippen molar-refractivity contribution in [2.45, 2.75) is 0 Å². The van der Waals surface area contributed by atoms with Gasteiger partial charge in [0.25, 0.3) is 0 Å². The quantitative estimate of drug-likeness (QED) is 0.351. The number of carbonyl (C=O) groups is 2. The second kappa shape index (κ2) is 6.14. The molecule has 0 unspecified atom stereocenters. The molecule has 0 aliphatic heterocycles. The summed E-state index contributed by atoms with van der Waals surface area (Å²) in [5, 5.41) is 0. The monoisotopic (exact) mass is 212 g/mol. The van der Waals surface area contributed by atoms with Crippen LogP contribution in [0.3, 0.4) is 0 Å². The summed E-state index contributed by atoms with van der Waals surface area (Å²) < 4.78 is 5.30. The van der Waals surface area contributed by atoms with Crippen molar-refractivity contribution in [3.8, 4) is 0 Å². The van der Waals surface area contributed by atoms with Gasteiger partial charge in [0.05, 0.1) is 14.1 Å². The van der Waals surface area contributed by atoms with Crippen molar-refractivity contribution in [3.63, 3.8) is 0 Å². The second-order valence-electron chi connectivity index (χ2n) is 3.86. The molecule has 15 heavy (non-hydrogen) atoms. The standard InChI is InChI=1S/C11H18NO3/c1-5-10(13)9-12(3,4)7-8-15-11(14)6-2/h5-6H,1-2,7-9H2,3-4H3/q+1. The maximum Gasteiger partial charge on any atom is 0.330 e. The van der Waals surface area contributed by atoms with E-state index in [-0.39, 0.29) is 12.4 Å². The van der Waals surface area contributed by atoms with Crippen LogP contribution in [0.25, 0.3) is 0 Å². The fraction of sp³-hybridized carbons (Fsp3) is 0.455. The van der Waals surface area contributed by atoms with Gasteiger partial charge in [-0.25, -0.2) is 4.79 Å². The molecule has 0 fully saturated rings. The van der Waals surface area contributed by atoms with Gasteiger partial charge in [0.2, 0.25) is 5.78 Å². The normalized spacial score (nSPS) is 10.5. The SMILES string of the molecule is C=CC(=O)C[N+](C)(C)CCOC(=O)C=C. The molecular formula is C11H18NO3+. The minimum absolute atomic E-state index is 0.0185. The van der Waals surface area contributed by atoms with E-state index in [2.05, 4.69) is 13.2 Å². The number of ketones is 1. The topological polar surface area (TPSA) is 43.4 Å². The van der Waals surface area contributed by atoms with Crippen LogP contribution in [0.4, 0.5) is 0 Å². The largest absolute Gasteiger partial charge is 0.457 e. The lowest BCUT2D eigenvalue weighted by molar-refractivity contribution is -0.882. The van der Waals surface area contributed by atoms with E-state index in [9.17, 15) is 9.59 Å². The predicted molar refractivity (Wildman–Crippen MR) is 58.2 cm³/mol. The van der Waals surface area contributed by atoms with Gasteiger partial charge < -0.3 is 9.22 Å². The Kier molecular flexibility index (Phi) is 5.56. The summed E-state index contributed by atoms with van der Waals surface area (Å²) in [4.78, 5) is 21.9. The van der Waals surface area contributed by atoms with Crippen LogP contribution in [0.15, 0.2) is 25.3 Å². The first kappa shape index (κ1) is 13.6. The Morgan fingerprint density at radius 2 is 1.87 bits per heavy atom. The van der Waals surface area contributed by atoms with E-state index in [0.717, 1.165) is 6.08 Å². The average molecular weight is 212 g/mol. The first-order chi connectivity index (χ1) is 6.91. The highest BCUT2D eigenvalue weighted by atomic mass is 16.5. The Labute approximate surface area is 90.4 Å². The molecule has 0 aliphatic rings. The number of rotatable bonds is 7. The summed E-state index contributed by atoms with van der Waals surface area (Å²) >= 11 is 0. The van der Waals surface area contributed by atoms with Gasteiger partial charge >= 0.3 is 5.97 Å². The zero-order valence-corrected chi connectivity index (χ0v) is 9.36. The molecule has 0 aromatic rings. The van der Waals surface area contributed by atoms with E-state index >= 15 is 0 Å².